The smallest absolute Gasteiger partial charge is 0.243 e. The van der Waals surface area contributed by atoms with Crippen LogP contribution in [0.4, 0.5) is 5.95 Å². The predicted molar refractivity (Wildman–Crippen MR) is 64.1 cm³/mol. The topological polar surface area (TPSA) is 63.5 Å². The summed E-state index contributed by atoms with van der Waals surface area (Å²) in [4.78, 5) is 4.36. The van der Waals surface area contributed by atoms with Crippen molar-refractivity contribution in [2.24, 2.45) is 0 Å². The van der Waals surface area contributed by atoms with Crippen LogP contribution in [-0.2, 0) is 4.74 Å². The Labute approximate surface area is 99.0 Å². The zero-order chi connectivity index (χ0) is 11.5. The van der Waals surface area contributed by atoms with Gasteiger partial charge in [-0.3, -0.25) is 0 Å². The van der Waals surface area contributed by atoms with Crippen molar-refractivity contribution in [2.75, 3.05) is 31.6 Å². The molecule has 3 heterocycles. The monoisotopic (exact) mass is 233 g/mol. The van der Waals surface area contributed by atoms with Gasteiger partial charge in [0.05, 0.1) is 12.7 Å². The fourth-order valence-corrected chi connectivity index (χ4v) is 1.86. The van der Waals surface area contributed by atoms with E-state index in [0.29, 0.717) is 5.95 Å². The lowest BCUT2D eigenvalue weighted by Crippen LogP contribution is -2.42. The number of morpholine rings is 1. The van der Waals surface area contributed by atoms with Crippen LogP contribution in [0.2, 0.25) is 0 Å². The maximum absolute atomic E-state index is 5.59. The minimum atomic E-state index is 0.190. The molecule has 1 aliphatic rings. The first-order valence-corrected chi connectivity index (χ1v) is 5.79. The van der Waals surface area contributed by atoms with Gasteiger partial charge in [-0.1, -0.05) is 6.07 Å². The normalized spacial score (nSPS) is 20.6. The molecule has 2 N–H and O–H groups in total. The number of pyridine rings is 1. The standard InChI is InChI=1S/C11H15N5O/c1-2-5-16-10(3-1)14-11(15-16)13-8-9-7-12-4-6-17-9/h1-3,5,9,12H,4,6-8H2,(H,13,15). The van der Waals surface area contributed by atoms with Crippen LogP contribution in [-0.4, -0.2) is 46.9 Å². The summed E-state index contributed by atoms with van der Waals surface area (Å²) in [5.41, 5.74) is 0.845. The Balaban J connectivity index is 1.64. The molecule has 0 saturated carbocycles. The summed E-state index contributed by atoms with van der Waals surface area (Å²) in [6.07, 6.45) is 2.07. The van der Waals surface area contributed by atoms with Crippen molar-refractivity contribution in [1.29, 1.82) is 0 Å². The second-order valence-corrected chi connectivity index (χ2v) is 4.02. The van der Waals surface area contributed by atoms with Crippen LogP contribution in [0.5, 0.6) is 0 Å². The quantitative estimate of drug-likeness (QED) is 0.789. The zero-order valence-electron chi connectivity index (χ0n) is 9.47. The molecular weight excluding hydrogens is 218 g/mol. The van der Waals surface area contributed by atoms with Gasteiger partial charge in [0.15, 0.2) is 5.65 Å². The van der Waals surface area contributed by atoms with Gasteiger partial charge in [-0.05, 0) is 12.1 Å². The largest absolute Gasteiger partial charge is 0.374 e. The van der Waals surface area contributed by atoms with Gasteiger partial charge in [-0.15, -0.1) is 5.10 Å². The van der Waals surface area contributed by atoms with Gasteiger partial charge in [0, 0.05) is 25.8 Å². The molecule has 1 atom stereocenters. The number of aromatic nitrogens is 3. The molecule has 2 aromatic heterocycles. The van der Waals surface area contributed by atoms with Crippen LogP contribution in [0.25, 0.3) is 5.65 Å². The van der Waals surface area contributed by atoms with E-state index in [2.05, 4.69) is 20.7 Å². The van der Waals surface area contributed by atoms with Crippen molar-refractivity contribution in [3.05, 3.63) is 24.4 Å². The Bertz CT molecular complexity index is 458. The van der Waals surface area contributed by atoms with Gasteiger partial charge in [0.1, 0.15) is 0 Å². The van der Waals surface area contributed by atoms with Crippen LogP contribution >= 0.6 is 0 Å². The molecule has 0 amide bonds. The Morgan fingerprint density at radius 3 is 3.35 bits per heavy atom. The molecule has 0 aromatic carbocycles. The Morgan fingerprint density at radius 1 is 1.53 bits per heavy atom. The summed E-state index contributed by atoms with van der Waals surface area (Å²) in [5.74, 6) is 0.644. The predicted octanol–water partition coefficient (Wildman–Crippen LogP) is 0.130. The number of anilines is 1. The molecule has 17 heavy (non-hydrogen) atoms. The third kappa shape index (κ3) is 2.37. The third-order valence-corrected chi connectivity index (χ3v) is 2.73. The van der Waals surface area contributed by atoms with Gasteiger partial charge in [-0.25, -0.2) is 4.52 Å². The van der Waals surface area contributed by atoms with E-state index in [9.17, 15) is 0 Å². The Hall–Kier alpha value is -1.66. The molecule has 0 aliphatic carbocycles. The van der Waals surface area contributed by atoms with E-state index in [4.69, 9.17) is 4.74 Å². The summed E-state index contributed by atoms with van der Waals surface area (Å²) in [6.45, 7) is 3.30. The average Bonchev–Trinajstić information content (AvgIpc) is 2.80. The average molecular weight is 233 g/mol. The van der Waals surface area contributed by atoms with Crippen LogP contribution in [0.1, 0.15) is 0 Å². The highest BCUT2D eigenvalue weighted by molar-refractivity contribution is 5.42. The highest BCUT2D eigenvalue weighted by Gasteiger charge is 2.13. The molecule has 6 heteroatoms. The first-order valence-electron chi connectivity index (χ1n) is 5.79. The lowest BCUT2D eigenvalue weighted by atomic mass is 10.3. The van der Waals surface area contributed by atoms with Crippen molar-refractivity contribution in [1.82, 2.24) is 19.9 Å². The molecule has 3 rings (SSSR count). The van der Waals surface area contributed by atoms with Gasteiger partial charge in [0.25, 0.3) is 0 Å². The molecule has 1 unspecified atom stereocenters. The molecule has 0 spiro atoms. The summed E-state index contributed by atoms with van der Waals surface area (Å²) in [5, 5.41) is 10.8. The third-order valence-electron chi connectivity index (χ3n) is 2.73. The fraction of sp³-hybridized carbons (Fsp3) is 0.455. The minimum Gasteiger partial charge on any atom is -0.374 e. The van der Waals surface area contributed by atoms with E-state index in [1.807, 2.05) is 24.4 Å². The van der Waals surface area contributed by atoms with Crippen molar-refractivity contribution in [3.8, 4) is 0 Å². The van der Waals surface area contributed by atoms with Crippen LogP contribution in [0, 0.1) is 0 Å². The first kappa shape index (κ1) is 10.5. The summed E-state index contributed by atoms with van der Waals surface area (Å²) < 4.78 is 7.34. The molecule has 1 saturated heterocycles. The van der Waals surface area contributed by atoms with Crippen LogP contribution in [0.3, 0.4) is 0 Å². The molecule has 6 nitrogen and oxygen atoms in total. The number of hydrogen-bond acceptors (Lipinski definition) is 5. The second kappa shape index (κ2) is 4.68. The van der Waals surface area contributed by atoms with Crippen LogP contribution in [0.15, 0.2) is 24.4 Å². The van der Waals surface area contributed by atoms with Crippen molar-refractivity contribution >= 4 is 11.6 Å². The van der Waals surface area contributed by atoms with Crippen molar-refractivity contribution < 1.29 is 4.74 Å². The van der Waals surface area contributed by atoms with E-state index >= 15 is 0 Å². The summed E-state index contributed by atoms with van der Waals surface area (Å²) >= 11 is 0. The van der Waals surface area contributed by atoms with E-state index in [-0.39, 0.29) is 6.10 Å². The number of nitrogens with zero attached hydrogens (tertiary/aromatic N) is 3. The van der Waals surface area contributed by atoms with Gasteiger partial charge in [-0.2, -0.15) is 4.98 Å². The van der Waals surface area contributed by atoms with E-state index in [1.165, 1.54) is 0 Å². The van der Waals surface area contributed by atoms with Crippen molar-refractivity contribution in [3.63, 3.8) is 0 Å². The van der Waals surface area contributed by atoms with E-state index in [0.717, 1.165) is 31.9 Å². The van der Waals surface area contributed by atoms with Crippen molar-refractivity contribution in [2.45, 2.75) is 6.10 Å². The molecule has 1 aliphatic heterocycles. The minimum absolute atomic E-state index is 0.190. The van der Waals surface area contributed by atoms with Crippen LogP contribution < -0.4 is 10.6 Å². The number of rotatable bonds is 3. The Kier molecular flexibility index (Phi) is 2.89. The summed E-state index contributed by atoms with van der Waals surface area (Å²) in [6, 6.07) is 5.80. The second-order valence-electron chi connectivity index (χ2n) is 4.02. The number of nitrogens with one attached hydrogen (secondary N) is 2. The zero-order valence-corrected chi connectivity index (χ0v) is 9.47. The molecule has 1 fully saturated rings. The summed E-state index contributed by atoms with van der Waals surface area (Å²) in [7, 11) is 0. The molecule has 90 valence electrons. The maximum Gasteiger partial charge on any atom is 0.243 e. The SMILES string of the molecule is c1ccn2nc(NCC3CNCCO3)nc2c1. The maximum atomic E-state index is 5.59. The Morgan fingerprint density at radius 2 is 2.53 bits per heavy atom. The van der Waals surface area contributed by atoms with E-state index < -0.39 is 0 Å². The lowest BCUT2D eigenvalue weighted by Gasteiger charge is -2.23. The molecule has 0 bridgehead atoms. The highest BCUT2D eigenvalue weighted by atomic mass is 16.5. The number of ether oxygens (including phenoxy) is 1. The molecular formula is C11H15N5O. The lowest BCUT2D eigenvalue weighted by molar-refractivity contribution is 0.0371. The number of hydrogen-bond donors (Lipinski definition) is 2. The van der Waals surface area contributed by atoms with E-state index in [1.54, 1.807) is 4.52 Å². The molecule has 2 aromatic rings. The highest BCUT2D eigenvalue weighted by Crippen LogP contribution is 2.05. The fourth-order valence-electron chi connectivity index (χ4n) is 1.86. The molecule has 0 radical (unpaired) electrons. The van der Waals surface area contributed by atoms with Gasteiger partial charge < -0.3 is 15.4 Å². The first-order chi connectivity index (χ1) is 8.42. The number of fused-ring (bicyclic) bond motifs is 1. The van der Waals surface area contributed by atoms with Gasteiger partial charge >= 0.3 is 0 Å². The van der Waals surface area contributed by atoms with Gasteiger partial charge in [0.2, 0.25) is 5.95 Å².